The standard InChI is InChI=1S/C21H16F5N3O3/c1-29-10-13(18(31)15(30)8-20(5-2-6-20)21(24,25)26)16(23)17(29)19(32)28-12-3-4-14(22)11(7-12)9-27/h3-4,7,10H,2,5-6,8H2,1H3,(H,28,32). The lowest BCUT2D eigenvalue weighted by atomic mass is 9.65. The third kappa shape index (κ3) is 4.00. The maximum Gasteiger partial charge on any atom is 0.394 e. The van der Waals surface area contributed by atoms with Crippen LogP contribution in [0.15, 0.2) is 24.4 Å². The highest BCUT2D eigenvalue weighted by Gasteiger charge is 2.59. The van der Waals surface area contributed by atoms with Gasteiger partial charge in [-0.3, -0.25) is 14.4 Å². The smallest absolute Gasteiger partial charge is 0.343 e. The first-order valence-corrected chi connectivity index (χ1v) is 9.40. The fourth-order valence-electron chi connectivity index (χ4n) is 3.60. The highest BCUT2D eigenvalue weighted by molar-refractivity contribution is 6.44. The zero-order valence-electron chi connectivity index (χ0n) is 16.6. The molecule has 1 aromatic carbocycles. The Bertz CT molecular complexity index is 1160. The van der Waals surface area contributed by atoms with E-state index in [-0.39, 0.29) is 30.5 Å². The van der Waals surface area contributed by atoms with E-state index in [1.165, 1.54) is 7.05 Å². The van der Waals surface area contributed by atoms with Gasteiger partial charge in [0, 0.05) is 25.4 Å². The van der Waals surface area contributed by atoms with Crippen LogP contribution in [0.25, 0.3) is 0 Å². The van der Waals surface area contributed by atoms with Crippen molar-refractivity contribution in [3.05, 3.63) is 52.9 Å². The predicted octanol–water partition coefficient (Wildman–Crippen LogP) is 4.30. The summed E-state index contributed by atoms with van der Waals surface area (Å²) in [6, 6.07) is 4.63. The van der Waals surface area contributed by atoms with Gasteiger partial charge in [-0.05, 0) is 31.0 Å². The minimum atomic E-state index is -4.67. The van der Waals surface area contributed by atoms with E-state index < -0.39 is 58.4 Å². The van der Waals surface area contributed by atoms with Crippen LogP contribution in [0.5, 0.6) is 0 Å². The summed E-state index contributed by atoms with van der Waals surface area (Å²) in [5.41, 5.74) is -4.18. The number of hydrogen-bond donors (Lipinski definition) is 1. The zero-order valence-corrected chi connectivity index (χ0v) is 16.6. The van der Waals surface area contributed by atoms with E-state index in [2.05, 4.69) is 5.32 Å². The van der Waals surface area contributed by atoms with Gasteiger partial charge in [0.05, 0.1) is 16.5 Å². The molecular weight excluding hydrogens is 437 g/mol. The molecule has 11 heteroatoms. The van der Waals surface area contributed by atoms with Gasteiger partial charge in [0.25, 0.3) is 5.91 Å². The lowest BCUT2D eigenvalue weighted by Crippen LogP contribution is -2.46. The lowest BCUT2D eigenvalue weighted by Gasteiger charge is -2.42. The lowest BCUT2D eigenvalue weighted by molar-refractivity contribution is -0.251. The molecule has 1 saturated carbocycles. The Morgan fingerprint density at radius 2 is 1.88 bits per heavy atom. The molecular formula is C21H16F5N3O3. The molecule has 0 radical (unpaired) electrons. The van der Waals surface area contributed by atoms with Gasteiger partial charge in [-0.25, -0.2) is 8.78 Å². The third-order valence-corrected chi connectivity index (χ3v) is 5.59. The highest BCUT2D eigenvalue weighted by atomic mass is 19.4. The van der Waals surface area contributed by atoms with Gasteiger partial charge in [0.1, 0.15) is 17.6 Å². The van der Waals surface area contributed by atoms with Gasteiger partial charge in [-0.1, -0.05) is 6.42 Å². The number of rotatable bonds is 6. The molecule has 2 aromatic rings. The second kappa shape index (κ2) is 8.18. The van der Waals surface area contributed by atoms with Gasteiger partial charge >= 0.3 is 6.18 Å². The number of carbonyl (C=O) groups is 3. The van der Waals surface area contributed by atoms with Crippen molar-refractivity contribution in [2.75, 3.05) is 5.32 Å². The van der Waals surface area contributed by atoms with Gasteiger partial charge in [0.2, 0.25) is 11.6 Å². The molecule has 0 aliphatic heterocycles. The Morgan fingerprint density at radius 3 is 2.41 bits per heavy atom. The number of nitrogens with zero attached hydrogens (tertiary/aromatic N) is 2. The summed E-state index contributed by atoms with van der Waals surface area (Å²) in [7, 11) is 1.20. The fourth-order valence-corrected chi connectivity index (χ4v) is 3.60. The molecule has 1 fully saturated rings. The van der Waals surface area contributed by atoms with Crippen LogP contribution in [0, 0.1) is 28.4 Å². The molecule has 1 aromatic heterocycles. The van der Waals surface area contributed by atoms with Crippen LogP contribution in [0.1, 0.15) is 52.1 Å². The summed E-state index contributed by atoms with van der Waals surface area (Å²) in [6.07, 6.45) is -5.22. The van der Waals surface area contributed by atoms with Gasteiger partial charge in [0.15, 0.2) is 5.82 Å². The number of carbonyl (C=O) groups excluding carboxylic acids is 3. The van der Waals surface area contributed by atoms with E-state index in [9.17, 15) is 36.3 Å². The second-order valence-corrected chi connectivity index (χ2v) is 7.64. The number of alkyl halides is 3. The fraction of sp³-hybridized carbons (Fsp3) is 0.333. The van der Waals surface area contributed by atoms with E-state index in [1.807, 2.05) is 0 Å². The number of halogens is 5. The molecule has 0 unspecified atom stereocenters. The molecule has 1 aliphatic rings. The minimum Gasteiger partial charge on any atom is -0.343 e. The third-order valence-electron chi connectivity index (χ3n) is 5.59. The van der Waals surface area contributed by atoms with Crippen LogP contribution in [0.2, 0.25) is 0 Å². The molecule has 6 nitrogen and oxygen atoms in total. The van der Waals surface area contributed by atoms with Crippen LogP contribution in [0.3, 0.4) is 0 Å². The Hall–Kier alpha value is -3.55. The number of benzene rings is 1. The van der Waals surface area contributed by atoms with Crippen LogP contribution in [-0.2, 0) is 11.8 Å². The van der Waals surface area contributed by atoms with Crippen molar-refractivity contribution >= 4 is 23.2 Å². The molecule has 1 heterocycles. The van der Waals surface area contributed by atoms with Crippen LogP contribution < -0.4 is 5.32 Å². The molecule has 0 atom stereocenters. The number of anilines is 1. The van der Waals surface area contributed by atoms with Crippen LogP contribution in [-0.4, -0.2) is 28.2 Å². The molecule has 168 valence electrons. The van der Waals surface area contributed by atoms with Crippen LogP contribution in [0.4, 0.5) is 27.6 Å². The number of aromatic nitrogens is 1. The first-order chi connectivity index (χ1) is 14.9. The van der Waals surface area contributed by atoms with Gasteiger partial charge in [-0.15, -0.1) is 0 Å². The van der Waals surface area contributed by atoms with E-state index >= 15 is 0 Å². The molecule has 1 N–H and O–H groups in total. The number of nitriles is 1. The van der Waals surface area contributed by atoms with E-state index in [0.29, 0.717) is 0 Å². The van der Waals surface area contributed by atoms with Crippen molar-refractivity contribution in [1.29, 1.82) is 5.26 Å². The average molecular weight is 453 g/mol. The van der Waals surface area contributed by atoms with Crippen molar-refractivity contribution in [3.8, 4) is 6.07 Å². The summed E-state index contributed by atoms with van der Waals surface area (Å²) >= 11 is 0. The summed E-state index contributed by atoms with van der Waals surface area (Å²) < 4.78 is 69.0. The van der Waals surface area contributed by atoms with E-state index in [1.54, 1.807) is 6.07 Å². The average Bonchev–Trinajstić information content (AvgIpc) is 2.98. The van der Waals surface area contributed by atoms with Crippen molar-refractivity contribution < 1.29 is 36.3 Å². The topological polar surface area (TPSA) is 92.0 Å². The van der Waals surface area contributed by atoms with Gasteiger partial charge in [-0.2, -0.15) is 18.4 Å². The van der Waals surface area contributed by atoms with Gasteiger partial charge < -0.3 is 9.88 Å². The Balaban J connectivity index is 1.82. The molecule has 0 saturated heterocycles. The zero-order chi connectivity index (χ0) is 23.8. The monoisotopic (exact) mass is 453 g/mol. The number of hydrogen-bond acceptors (Lipinski definition) is 4. The Labute approximate surface area is 178 Å². The predicted molar refractivity (Wildman–Crippen MR) is 101 cm³/mol. The van der Waals surface area contributed by atoms with E-state index in [4.69, 9.17) is 5.26 Å². The number of amides is 1. The quantitative estimate of drug-likeness (QED) is 0.401. The van der Waals surface area contributed by atoms with Crippen molar-refractivity contribution in [2.24, 2.45) is 12.5 Å². The minimum absolute atomic E-state index is 0.0328. The number of aryl methyl sites for hydroxylation is 1. The van der Waals surface area contributed by atoms with Crippen LogP contribution >= 0.6 is 0 Å². The van der Waals surface area contributed by atoms with E-state index in [0.717, 1.165) is 29.0 Å². The summed E-state index contributed by atoms with van der Waals surface area (Å²) in [6.45, 7) is 0. The SMILES string of the molecule is Cn1cc(C(=O)C(=O)CC2(C(F)(F)F)CCC2)c(F)c1C(=O)Nc1ccc(F)c(C#N)c1. The molecule has 32 heavy (non-hydrogen) atoms. The number of nitrogens with one attached hydrogen (secondary N) is 1. The number of Topliss-reactive ketones (excluding diaryl/α,β-unsaturated/α-hetero) is 2. The Morgan fingerprint density at radius 1 is 1.22 bits per heavy atom. The molecule has 0 spiro atoms. The molecule has 1 aliphatic carbocycles. The van der Waals surface area contributed by atoms with Crippen molar-refractivity contribution in [3.63, 3.8) is 0 Å². The summed E-state index contributed by atoms with van der Waals surface area (Å²) in [4.78, 5) is 37.1. The molecule has 3 rings (SSSR count). The molecule has 1 amide bonds. The van der Waals surface area contributed by atoms with Crippen molar-refractivity contribution in [2.45, 2.75) is 31.9 Å². The maximum absolute atomic E-state index is 14.8. The normalized spacial score (nSPS) is 14.9. The summed E-state index contributed by atoms with van der Waals surface area (Å²) in [5, 5.41) is 11.1. The maximum atomic E-state index is 14.8. The Kier molecular flexibility index (Phi) is 5.91. The summed E-state index contributed by atoms with van der Waals surface area (Å²) in [5.74, 6) is -6.12. The van der Waals surface area contributed by atoms with Crippen molar-refractivity contribution in [1.82, 2.24) is 4.57 Å². The first-order valence-electron chi connectivity index (χ1n) is 9.40. The largest absolute Gasteiger partial charge is 0.394 e. The first kappa shape index (κ1) is 23.1. The number of ketones is 2. The highest BCUT2D eigenvalue weighted by Crippen LogP contribution is 2.55. The molecule has 0 bridgehead atoms. The second-order valence-electron chi connectivity index (χ2n) is 7.64.